The number of likely N-dealkylation sites (tertiary alicyclic amines) is 1. The van der Waals surface area contributed by atoms with Gasteiger partial charge in [-0.25, -0.2) is 4.98 Å². The predicted molar refractivity (Wildman–Crippen MR) is 80.8 cm³/mol. The average molecular weight is 291 g/mol. The molecule has 21 heavy (non-hydrogen) atoms. The third kappa shape index (κ3) is 2.87. The Morgan fingerprint density at radius 1 is 1.24 bits per heavy atom. The SMILES string of the molecule is Nc1ccc(N2CCO[C@@H](C(=O)N3CCCC3)C2)nc1N. The molecule has 0 radical (unpaired) electrons. The molecule has 1 aromatic heterocycles. The van der Waals surface area contributed by atoms with Gasteiger partial charge in [0, 0.05) is 19.6 Å². The lowest BCUT2D eigenvalue weighted by atomic mass is 10.2. The number of rotatable bonds is 2. The van der Waals surface area contributed by atoms with Crippen LogP contribution in [-0.2, 0) is 9.53 Å². The van der Waals surface area contributed by atoms with Crippen LogP contribution in [0, 0.1) is 0 Å². The van der Waals surface area contributed by atoms with Crippen molar-refractivity contribution in [1.29, 1.82) is 0 Å². The minimum atomic E-state index is -0.419. The van der Waals surface area contributed by atoms with Crippen molar-refractivity contribution < 1.29 is 9.53 Å². The van der Waals surface area contributed by atoms with Crippen LogP contribution in [0.15, 0.2) is 12.1 Å². The Morgan fingerprint density at radius 2 is 2.00 bits per heavy atom. The molecule has 3 rings (SSSR count). The van der Waals surface area contributed by atoms with Crippen LogP contribution in [0.25, 0.3) is 0 Å². The number of ether oxygens (including phenoxy) is 1. The average Bonchev–Trinajstić information content (AvgIpc) is 3.04. The Labute approximate surface area is 123 Å². The fourth-order valence-corrected chi connectivity index (χ4v) is 2.80. The third-order valence-electron chi connectivity index (χ3n) is 4.03. The Morgan fingerprint density at radius 3 is 2.71 bits per heavy atom. The third-order valence-corrected chi connectivity index (χ3v) is 4.03. The zero-order chi connectivity index (χ0) is 14.8. The number of carbonyl (C=O) groups excluding carboxylic acids is 1. The van der Waals surface area contributed by atoms with Gasteiger partial charge in [-0.05, 0) is 25.0 Å². The van der Waals surface area contributed by atoms with Crippen LogP contribution in [-0.4, -0.2) is 54.7 Å². The molecule has 0 unspecified atom stereocenters. The van der Waals surface area contributed by atoms with Gasteiger partial charge in [0.05, 0.1) is 18.8 Å². The van der Waals surface area contributed by atoms with Gasteiger partial charge in [0.25, 0.3) is 5.91 Å². The molecule has 2 fully saturated rings. The normalized spacial score (nSPS) is 22.6. The van der Waals surface area contributed by atoms with Gasteiger partial charge in [0.1, 0.15) is 11.6 Å². The topological polar surface area (TPSA) is 97.7 Å². The molecule has 2 aliphatic heterocycles. The van der Waals surface area contributed by atoms with Gasteiger partial charge < -0.3 is 26.0 Å². The van der Waals surface area contributed by atoms with Gasteiger partial charge in [-0.3, -0.25) is 4.79 Å². The van der Waals surface area contributed by atoms with E-state index in [1.165, 1.54) is 0 Å². The van der Waals surface area contributed by atoms with Crippen molar-refractivity contribution in [2.45, 2.75) is 18.9 Å². The molecule has 1 atom stereocenters. The van der Waals surface area contributed by atoms with Gasteiger partial charge in [0.15, 0.2) is 6.10 Å². The van der Waals surface area contributed by atoms with Crippen LogP contribution < -0.4 is 16.4 Å². The highest BCUT2D eigenvalue weighted by Gasteiger charge is 2.31. The number of pyridine rings is 1. The monoisotopic (exact) mass is 291 g/mol. The van der Waals surface area contributed by atoms with E-state index in [-0.39, 0.29) is 5.91 Å². The second-order valence-electron chi connectivity index (χ2n) is 5.48. The summed E-state index contributed by atoms with van der Waals surface area (Å²) in [5, 5.41) is 0. The summed E-state index contributed by atoms with van der Waals surface area (Å²) in [6, 6.07) is 3.57. The molecule has 2 saturated heterocycles. The zero-order valence-corrected chi connectivity index (χ0v) is 12.0. The van der Waals surface area contributed by atoms with E-state index >= 15 is 0 Å². The lowest BCUT2D eigenvalue weighted by Crippen LogP contribution is -2.50. The maximum atomic E-state index is 12.4. The van der Waals surface area contributed by atoms with E-state index in [4.69, 9.17) is 16.2 Å². The van der Waals surface area contributed by atoms with Crippen molar-refractivity contribution in [3.63, 3.8) is 0 Å². The van der Waals surface area contributed by atoms with Crippen LogP contribution >= 0.6 is 0 Å². The number of hydrogen-bond acceptors (Lipinski definition) is 6. The van der Waals surface area contributed by atoms with Gasteiger partial charge in [-0.1, -0.05) is 0 Å². The highest BCUT2D eigenvalue weighted by atomic mass is 16.5. The quantitative estimate of drug-likeness (QED) is 0.800. The van der Waals surface area contributed by atoms with Gasteiger partial charge >= 0.3 is 0 Å². The minimum absolute atomic E-state index is 0.0839. The van der Waals surface area contributed by atoms with E-state index < -0.39 is 6.10 Å². The van der Waals surface area contributed by atoms with Crippen LogP contribution in [0.4, 0.5) is 17.3 Å². The number of nitrogens with zero attached hydrogens (tertiary/aromatic N) is 3. The molecule has 3 heterocycles. The van der Waals surface area contributed by atoms with Crippen LogP contribution in [0.1, 0.15) is 12.8 Å². The van der Waals surface area contributed by atoms with E-state index in [1.54, 1.807) is 6.07 Å². The molecule has 0 bridgehead atoms. The number of aromatic nitrogens is 1. The van der Waals surface area contributed by atoms with Crippen LogP contribution in [0.5, 0.6) is 0 Å². The summed E-state index contributed by atoms with van der Waals surface area (Å²) in [5.74, 6) is 1.14. The summed E-state index contributed by atoms with van der Waals surface area (Å²) in [4.78, 5) is 20.6. The first-order valence-corrected chi connectivity index (χ1v) is 7.32. The molecule has 1 aromatic rings. The molecular weight excluding hydrogens is 270 g/mol. The standard InChI is InChI=1S/C14H21N5O2/c15-10-3-4-12(17-13(10)16)19-7-8-21-11(9-19)14(20)18-5-1-2-6-18/h3-4,11H,1-2,5-9,15H2,(H2,16,17)/t11-/m1/s1. The summed E-state index contributed by atoms with van der Waals surface area (Å²) < 4.78 is 5.64. The number of hydrogen-bond donors (Lipinski definition) is 2. The van der Waals surface area contributed by atoms with E-state index in [0.29, 0.717) is 31.2 Å². The highest BCUT2D eigenvalue weighted by molar-refractivity contribution is 5.82. The molecule has 0 aromatic carbocycles. The Hall–Kier alpha value is -2.02. The molecule has 1 amide bonds. The smallest absolute Gasteiger partial charge is 0.253 e. The summed E-state index contributed by atoms with van der Waals surface area (Å²) >= 11 is 0. The maximum absolute atomic E-state index is 12.4. The molecule has 4 N–H and O–H groups in total. The second-order valence-corrected chi connectivity index (χ2v) is 5.48. The first kappa shape index (κ1) is 13.9. The Kier molecular flexibility index (Phi) is 3.83. The van der Waals surface area contributed by atoms with Gasteiger partial charge in [0.2, 0.25) is 0 Å². The lowest BCUT2D eigenvalue weighted by molar-refractivity contribution is -0.143. The molecule has 7 nitrogen and oxygen atoms in total. The van der Waals surface area contributed by atoms with Gasteiger partial charge in [-0.2, -0.15) is 0 Å². The summed E-state index contributed by atoms with van der Waals surface area (Å²) in [5.41, 5.74) is 11.9. The van der Waals surface area contributed by atoms with Crippen molar-refractivity contribution in [3.8, 4) is 0 Å². The number of morpholine rings is 1. The van der Waals surface area contributed by atoms with Crippen molar-refractivity contribution in [1.82, 2.24) is 9.88 Å². The lowest BCUT2D eigenvalue weighted by Gasteiger charge is -2.34. The molecular formula is C14H21N5O2. The maximum Gasteiger partial charge on any atom is 0.253 e. The Balaban J connectivity index is 1.70. The highest BCUT2D eigenvalue weighted by Crippen LogP contribution is 2.21. The van der Waals surface area contributed by atoms with E-state index in [0.717, 1.165) is 31.7 Å². The zero-order valence-electron chi connectivity index (χ0n) is 12.0. The predicted octanol–water partition coefficient (Wildman–Crippen LogP) is 0.0736. The van der Waals surface area contributed by atoms with Crippen molar-refractivity contribution in [2.24, 2.45) is 0 Å². The van der Waals surface area contributed by atoms with Gasteiger partial charge in [-0.15, -0.1) is 0 Å². The van der Waals surface area contributed by atoms with E-state index in [9.17, 15) is 4.79 Å². The van der Waals surface area contributed by atoms with E-state index in [2.05, 4.69) is 4.98 Å². The molecule has 0 spiro atoms. The van der Waals surface area contributed by atoms with Crippen molar-refractivity contribution >= 4 is 23.2 Å². The number of carbonyl (C=O) groups is 1. The Bertz CT molecular complexity index is 530. The number of amides is 1. The molecule has 7 heteroatoms. The fourth-order valence-electron chi connectivity index (χ4n) is 2.80. The second kappa shape index (κ2) is 5.77. The first-order valence-electron chi connectivity index (χ1n) is 7.32. The van der Waals surface area contributed by atoms with Crippen molar-refractivity contribution in [3.05, 3.63) is 12.1 Å². The molecule has 2 aliphatic rings. The number of nitrogen functional groups attached to an aromatic ring is 2. The minimum Gasteiger partial charge on any atom is -0.396 e. The number of anilines is 3. The molecule has 0 saturated carbocycles. The number of nitrogens with two attached hydrogens (primary N) is 2. The molecule has 0 aliphatic carbocycles. The summed E-state index contributed by atoms with van der Waals surface area (Å²) in [6.07, 6.45) is 1.74. The largest absolute Gasteiger partial charge is 0.396 e. The van der Waals surface area contributed by atoms with E-state index in [1.807, 2.05) is 15.9 Å². The summed E-state index contributed by atoms with van der Waals surface area (Å²) in [7, 11) is 0. The van der Waals surface area contributed by atoms with Crippen LogP contribution in [0.3, 0.4) is 0 Å². The summed E-state index contributed by atoms with van der Waals surface area (Å²) in [6.45, 7) is 3.39. The fraction of sp³-hybridized carbons (Fsp3) is 0.571. The molecule has 114 valence electrons. The van der Waals surface area contributed by atoms with Crippen LogP contribution in [0.2, 0.25) is 0 Å². The van der Waals surface area contributed by atoms with Crippen molar-refractivity contribution in [2.75, 3.05) is 49.2 Å². The first-order chi connectivity index (χ1) is 10.1.